The van der Waals surface area contributed by atoms with Crippen LogP contribution in [0.15, 0.2) is 18.2 Å². The molecule has 0 bridgehead atoms. The van der Waals surface area contributed by atoms with Gasteiger partial charge in [-0.25, -0.2) is 4.39 Å². The van der Waals surface area contributed by atoms with E-state index in [1.807, 2.05) is 13.8 Å². The van der Waals surface area contributed by atoms with Crippen molar-refractivity contribution in [3.05, 3.63) is 35.1 Å². The molecule has 0 spiro atoms. The van der Waals surface area contributed by atoms with Crippen molar-refractivity contribution in [3.63, 3.8) is 0 Å². The van der Waals surface area contributed by atoms with E-state index in [1.165, 1.54) is 25.3 Å². The van der Waals surface area contributed by atoms with Gasteiger partial charge in [-0.3, -0.25) is 4.79 Å². The second kappa shape index (κ2) is 5.75. The molecule has 0 fully saturated rings. The number of primary amides is 1. The predicted octanol–water partition coefficient (Wildman–Crippen LogP) is 1.99. The number of hydrogen-bond acceptors (Lipinski definition) is 3. The Hall–Kier alpha value is -1.46. The van der Waals surface area contributed by atoms with E-state index in [-0.39, 0.29) is 17.2 Å². The Labute approximate surface area is 99.5 Å². The van der Waals surface area contributed by atoms with Crippen LogP contribution >= 0.6 is 0 Å². The molecule has 0 saturated heterocycles. The molecule has 1 aromatic carbocycles. The standard InChI is InChI=1S/C12H16FNO3/c1-7(2)17-12(16-3)9-6-8(11(14)15)4-5-10(9)13/h4-7,12H,1-3H3,(H2,14,15). The van der Waals surface area contributed by atoms with Crippen LogP contribution in [0.2, 0.25) is 0 Å². The minimum atomic E-state index is -0.853. The highest BCUT2D eigenvalue weighted by Crippen LogP contribution is 2.23. The van der Waals surface area contributed by atoms with Crippen molar-refractivity contribution in [2.24, 2.45) is 5.73 Å². The maximum absolute atomic E-state index is 13.6. The minimum absolute atomic E-state index is 0.128. The molecule has 1 aromatic rings. The molecule has 0 heterocycles. The van der Waals surface area contributed by atoms with Crippen molar-refractivity contribution in [1.29, 1.82) is 0 Å². The van der Waals surface area contributed by atoms with Gasteiger partial charge in [0.15, 0.2) is 6.29 Å². The van der Waals surface area contributed by atoms with E-state index in [1.54, 1.807) is 0 Å². The summed E-state index contributed by atoms with van der Waals surface area (Å²) in [6.45, 7) is 3.61. The highest BCUT2D eigenvalue weighted by atomic mass is 19.1. The van der Waals surface area contributed by atoms with Crippen molar-refractivity contribution < 1.29 is 18.7 Å². The second-order valence-electron chi connectivity index (χ2n) is 3.85. The Morgan fingerprint density at radius 2 is 2.06 bits per heavy atom. The van der Waals surface area contributed by atoms with Crippen molar-refractivity contribution >= 4 is 5.91 Å². The van der Waals surface area contributed by atoms with E-state index in [0.29, 0.717) is 0 Å². The smallest absolute Gasteiger partial charge is 0.248 e. The van der Waals surface area contributed by atoms with Crippen LogP contribution in [-0.4, -0.2) is 19.1 Å². The van der Waals surface area contributed by atoms with Gasteiger partial charge in [0.2, 0.25) is 5.91 Å². The van der Waals surface area contributed by atoms with Gasteiger partial charge in [-0.05, 0) is 32.0 Å². The number of carbonyl (C=O) groups excluding carboxylic acids is 1. The molecular weight excluding hydrogens is 225 g/mol. The van der Waals surface area contributed by atoms with Crippen LogP contribution in [0.3, 0.4) is 0 Å². The van der Waals surface area contributed by atoms with Crippen LogP contribution < -0.4 is 5.73 Å². The van der Waals surface area contributed by atoms with E-state index in [9.17, 15) is 9.18 Å². The summed E-state index contributed by atoms with van der Waals surface area (Å²) in [5, 5.41) is 0. The monoisotopic (exact) mass is 241 g/mol. The third-order valence-electron chi connectivity index (χ3n) is 2.14. The van der Waals surface area contributed by atoms with Gasteiger partial charge < -0.3 is 15.2 Å². The molecule has 0 aliphatic carbocycles. The molecular formula is C12H16FNO3. The number of methoxy groups -OCH3 is 1. The van der Waals surface area contributed by atoms with E-state index in [4.69, 9.17) is 15.2 Å². The first-order valence-electron chi connectivity index (χ1n) is 5.23. The number of carbonyl (C=O) groups is 1. The summed E-state index contributed by atoms with van der Waals surface area (Å²) in [4.78, 5) is 11.0. The summed E-state index contributed by atoms with van der Waals surface area (Å²) >= 11 is 0. The molecule has 4 nitrogen and oxygen atoms in total. The molecule has 1 atom stereocenters. The normalized spacial score (nSPS) is 12.8. The molecule has 5 heteroatoms. The van der Waals surface area contributed by atoms with Gasteiger partial charge in [-0.2, -0.15) is 0 Å². The molecule has 94 valence electrons. The van der Waals surface area contributed by atoms with Crippen LogP contribution in [0.25, 0.3) is 0 Å². The maximum Gasteiger partial charge on any atom is 0.248 e. The van der Waals surface area contributed by atoms with Gasteiger partial charge in [-0.1, -0.05) is 0 Å². The van der Waals surface area contributed by atoms with Crippen LogP contribution in [0, 0.1) is 5.82 Å². The Balaban J connectivity index is 3.08. The highest BCUT2D eigenvalue weighted by molar-refractivity contribution is 5.92. The molecule has 1 rings (SSSR count). The number of nitrogens with two attached hydrogens (primary N) is 1. The summed E-state index contributed by atoms with van der Waals surface area (Å²) in [6, 6.07) is 3.84. The summed E-state index contributed by atoms with van der Waals surface area (Å²) in [6.07, 6.45) is -0.981. The molecule has 17 heavy (non-hydrogen) atoms. The third kappa shape index (κ3) is 3.51. The van der Waals surface area contributed by atoms with Gasteiger partial charge >= 0.3 is 0 Å². The van der Waals surface area contributed by atoms with Gasteiger partial charge in [0, 0.05) is 18.2 Å². The van der Waals surface area contributed by atoms with E-state index >= 15 is 0 Å². The van der Waals surface area contributed by atoms with Gasteiger partial charge in [0.05, 0.1) is 6.10 Å². The van der Waals surface area contributed by atoms with Gasteiger partial charge in [-0.15, -0.1) is 0 Å². The first-order chi connectivity index (χ1) is 7.95. The fourth-order valence-corrected chi connectivity index (χ4v) is 1.38. The lowest BCUT2D eigenvalue weighted by atomic mass is 10.1. The SMILES string of the molecule is COC(OC(C)C)c1cc(C(N)=O)ccc1F. The molecule has 0 aliphatic rings. The van der Waals surface area contributed by atoms with E-state index < -0.39 is 18.0 Å². The average Bonchev–Trinajstić information content (AvgIpc) is 2.26. The van der Waals surface area contributed by atoms with Crippen molar-refractivity contribution in [2.75, 3.05) is 7.11 Å². The number of rotatable bonds is 5. The molecule has 0 radical (unpaired) electrons. The lowest BCUT2D eigenvalue weighted by molar-refractivity contribution is -0.152. The Bertz CT molecular complexity index is 407. The van der Waals surface area contributed by atoms with Crippen molar-refractivity contribution in [3.8, 4) is 0 Å². The lowest BCUT2D eigenvalue weighted by Crippen LogP contribution is -2.16. The fraction of sp³-hybridized carbons (Fsp3) is 0.417. The number of halogens is 1. The quantitative estimate of drug-likeness (QED) is 0.802. The second-order valence-corrected chi connectivity index (χ2v) is 3.85. The summed E-state index contributed by atoms with van der Waals surface area (Å²) in [5.74, 6) is -1.12. The fourth-order valence-electron chi connectivity index (χ4n) is 1.38. The van der Waals surface area contributed by atoms with Crippen LogP contribution in [0.5, 0.6) is 0 Å². The van der Waals surface area contributed by atoms with Crippen molar-refractivity contribution in [1.82, 2.24) is 0 Å². The van der Waals surface area contributed by atoms with E-state index in [2.05, 4.69) is 0 Å². The zero-order valence-electron chi connectivity index (χ0n) is 10.1. The number of amides is 1. The minimum Gasteiger partial charge on any atom is -0.366 e. The largest absolute Gasteiger partial charge is 0.366 e. The third-order valence-corrected chi connectivity index (χ3v) is 2.14. The Kier molecular flexibility index (Phi) is 4.60. The van der Waals surface area contributed by atoms with Crippen LogP contribution in [-0.2, 0) is 9.47 Å². The summed E-state index contributed by atoms with van der Waals surface area (Å²) in [5.41, 5.74) is 5.52. The highest BCUT2D eigenvalue weighted by Gasteiger charge is 2.18. The zero-order chi connectivity index (χ0) is 13.0. The predicted molar refractivity (Wildman–Crippen MR) is 60.9 cm³/mol. The Morgan fingerprint density at radius 3 is 2.53 bits per heavy atom. The first-order valence-corrected chi connectivity index (χ1v) is 5.23. The zero-order valence-corrected chi connectivity index (χ0v) is 10.1. The number of ether oxygens (including phenoxy) is 2. The number of benzene rings is 1. The molecule has 2 N–H and O–H groups in total. The topological polar surface area (TPSA) is 61.6 Å². The van der Waals surface area contributed by atoms with Gasteiger partial charge in [0.1, 0.15) is 5.82 Å². The number of hydrogen-bond donors (Lipinski definition) is 1. The van der Waals surface area contributed by atoms with Crippen molar-refractivity contribution in [2.45, 2.75) is 26.2 Å². The van der Waals surface area contributed by atoms with Crippen LogP contribution in [0.1, 0.15) is 36.1 Å². The molecule has 1 unspecified atom stereocenters. The Morgan fingerprint density at radius 1 is 1.41 bits per heavy atom. The molecule has 0 aliphatic heterocycles. The van der Waals surface area contributed by atoms with Gasteiger partial charge in [0.25, 0.3) is 0 Å². The van der Waals surface area contributed by atoms with E-state index in [0.717, 1.165) is 0 Å². The molecule has 0 aromatic heterocycles. The molecule has 1 amide bonds. The first kappa shape index (κ1) is 13.6. The summed E-state index contributed by atoms with van der Waals surface area (Å²) in [7, 11) is 1.41. The average molecular weight is 241 g/mol. The van der Waals surface area contributed by atoms with Crippen LogP contribution in [0.4, 0.5) is 4.39 Å². The molecule has 0 saturated carbocycles. The lowest BCUT2D eigenvalue weighted by Gasteiger charge is -2.20. The maximum atomic E-state index is 13.6. The summed E-state index contributed by atoms with van der Waals surface area (Å²) < 4.78 is 24.0.